The lowest BCUT2D eigenvalue weighted by molar-refractivity contribution is 0.626. The van der Waals surface area contributed by atoms with Gasteiger partial charge in [0.15, 0.2) is 0 Å². The monoisotopic (exact) mass is 643 g/mol. The van der Waals surface area contributed by atoms with Crippen molar-refractivity contribution >= 4 is 92.4 Å². The highest BCUT2D eigenvalue weighted by atomic mass is 32.1. The SMILES string of the molecule is Fc1ccc2oc3c(c(N(c4ccc(-c5ccccc5)cc4)c4cccc5sc6ccccc6c45)cc4oc5ccc(F)cc5c43)c2c1. The van der Waals surface area contributed by atoms with Gasteiger partial charge in [-0.3, -0.25) is 0 Å². The first kappa shape index (κ1) is 27.2. The van der Waals surface area contributed by atoms with E-state index in [0.717, 1.165) is 43.7 Å². The van der Waals surface area contributed by atoms with Gasteiger partial charge in [0.25, 0.3) is 0 Å². The van der Waals surface area contributed by atoms with Crippen molar-refractivity contribution in [2.75, 3.05) is 4.90 Å². The first-order valence-corrected chi connectivity index (χ1v) is 16.4. The molecule has 0 unspecified atom stereocenters. The molecule has 48 heavy (non-hydrogen) atoms. The number of thiophene rings is 1. The molecule has 0 atom stereocenters. The zero-order chi connectivity index (χ0) is 31.9. The number of hydrogen-bond donors (Lipinski definition) is 0. The average molecular weight is 644 g/mol. The lowest BCUT2D eigenvalue weighted by Gasteiger charge is -2.27. The molecule has 0 bridgehead atoms. The Morgan fingerprint density at radius 1 is 0.458 bits per heavy atom. The van der Waals surface area contributed by atoms with Gasteiger partial charge in [-0.25, -0.2) is 8.78 Å². The minimum absolute atomic E-state index is 0.371. The van der Waals surface area contributed by atoms with Crippen LogP contribution in [-0.2, 0) is 0 Å². The van der Waals surface area contributed by atoms with Gasteiger partial charge in [0.05, 0.1) is 22.1 Å². The van der Waals surface area contributed by atoms with Crippen molar-refractivity contribution < 1.29 is 17.6 Å². The molecule has 0 amide bonds. The smallest absolute Gasteiger partial charge is 0.149 e. The number of fused-ring (bicyclic) bond motifs is 10. The number of furan rings is 2. The van der Waals surface area contributed by atoms with Gasteiger partial charge in [0, 0.05) is 42.7 Å². The van der Waals surface area contributed by atoms with Gasteiger partial charge >= 0.3 is 0 Å². The molecule has 0 fully saturated rings. The zero-order valence-electron chi connectivity index (χ0n) is 25.2. The molecule has 0 saturated carbocycles. The van der Waals surface area contributed by atoms with Gasteiger partial charge in [0.2, 0.25) is 0 Å². The summed E-state index contributed by atoms with van der Waals surface area (Å²) < 4.78 is 44.9. The van der Waals surface area contributed by atoms with Gasteiger partial charge in [-0.2, -0.15) is 0 Å². The lowest BCUT2D eigenvalue weighted by Crippen LogP contribution is -2.11. The molecule has 0 spiro atoms. The molecule has 3 heterocycles. The second-order valence-electron chi connectivity index (χ2n) is 12.0. The van der Waals surface area contributed by atoms with E-state index in [2.05, 4.69) is 83.8 Å². The summed E-state index contributed by atoms with van der Waals surface area (Å²) in [7, 11) is 0. The maximum absolute atomic E-state index is 15.0. The predicted molar refractivity (Wildman–Crippen MR) is 194 cm³/mol. The van der Waals surface area contributed by atoms with Crippen molar-refractivity contribution in [1.82, 2.24) is 0 Å². The molecule has 3 nitrogen and oxygen atoms in total. The second-order valence-corrected chi connectivity index (χ2v) is 13.0. The van der Waals surface area contributed by atoms with Gasteiger partial charge in [-0.05, 0) is 77.9 Å². The van der Waals surface area contributed by atoms with Gasteiger partial charge in [-0.15, -0.1) is 11.3 Å². The summed E-state index contributed by atoms with van der Waals surface area (Å²) in [4.78, 5) is 2.21. The fourth-order valence-electron chi connectivity index (χ4n) is 7.08. The van der Waals surface area contributed by atoms with Crippen LogP contribution in [0.25, 0.3) is 75.2 Å². The molecular weight excluding hydrogens is 621 g/mol. The molecule has 0 radical (unpaired) electrons. The van der Waals surface area contributed by atoms with Crippen LogP contribution in [0.5, 0.6) is 0 Å². The first-order chi connectivity index (χ1) is 23.6. The predicted octanol–water partition coefficient (Wildman–Crippen LogP) is 13.3. The van der Waals surface area contributed by atoms with E-state index >= 15 is 4.39 Å². The van der Waals surface area contributed by atoms with Crippen molar-refractivity contribution in [1.29, 1.82) is 0 Å². The molecule has 0 aliphatic carbocycles. The zero-order valence-corrected chi connectivity index (χ0v) is 26.0. The average Bonchev–Trinajstić information content (AvgIpc) is 3.80. The highest BCUT2D eigenvalue weighted by Crippen LogP contribution is 2.51. The summed E-state index contributed by atoms with van der Waals surface area (Å²) in [5.41, 5.74) is 6.98. The van der Waals surface area contributed by atoms with Crippen molar-refractivity contribution in [3.63, 3.8) is 0 Å². The lowest BCUT2D eigenvalue weighted by atomic mass is 10.0. The topological polar surface area (TPSA) is 29.5 Å². The highest BCUT2D eigenvalue weighted by Gasteiger charge is 2.26. The van der Waals surface area contributed by atoms with Crippen LogP contribution in [0.4, 0.5) is 25.8 Å². The van der Waals surface area contributed by atoms with Crippen LogP contribution in [0, 0.1) is 11.6 Å². The molecule has 0 aliphatic rings. The molecule has 0 aliphatic heterocycles. The number of nitrogens with zero attached hydrogens (tertiary/aromatic N) is 1. The Kier molecular flexibility index (Phi) is 5.81. The van der Waals surface area contributed by atoms with Gasteiger partial charge in [0.1, 0.15) is 34.0 Å². The highest BCUT2D eigenvalue weighted by molar-refractivity contribution is 7.26. The Morgan fingerprint density at radius 3 is 1.92 bits per heavy atom. The largest absolute Gasteiger partial charge is 0.456 e. The van der Waals surface area contributed by atoms with Crippen molar-refractivity contribution in [3.8, 4) is 11.1 Å². The third-order valence-electron chi connectivity index (χ3n) is 9.17. The summed E-state index contributed by atoms with van der Waals surface area (Å²) in [6.07, 6.45) is 0. The van der Waals surface area contributed by atoms with E-state index in [-0.39, 0.29) is 11.6 Å². The summed E-state index contributed by atoms with van der Waals surface area (Å²) in [5.74, 6) is -0.746. The van der Waals surface area contributed by atoms with E-state index in [1.54, 1.807) is 23.5 Å². The Morgan fingerprint density at radius 2 is 1.12 bits per heavy atom. The normalized spacial score (nSPS) is 12.0. The molecule has 10 aromatic rings. The van der Waals surface area contributed by atoms with E-state index in [9.17, 15) is 4.39 Å². The first-order valence-electron chi connectivity index (χ1n) is 15.6. The molecule has 10 rings (SSSR count). The van der Waals surface area contributed by atoms with Crippen LogP contribution in [0.2, 0.25) is 0 Å². The van der Waals surface area contributed by atoms with Crippen LogP contribution < -0.4 is 4.90 Å². The quantitative estimate of drug-likeness (QED) is 0.191. The van der Waals surface area contributed by atoms with Gasteiger partial charge in [-0.1, -0.05) is 66.7 Å². The summed E-state index contributed by atoms with van der Waals surface area (Å²) in [6, 6.07) is 44.5. The number of halogens is 2. The summed E-state index contributed by atoms with van der Waals surface area (Å²) in [6.45, 7) is 0. The van der Waals surface area contributed by atoms with E-state index in [0.29, 0.717) is 43.9 Å². The minimum Gasteiger partial charge on any atom is -0.456 e. The third-order valence-corrected chi connectivity index (χ3v) is 10.3. The molecule has 0 saturated heterocycles. The second kappa shape index (κ2) is 10.3. The fraction of sp³-hybridized carbons (Fsp3) is 0. The van der Waals surface area contributed by atoms with Crippen LogP contribution in [-0.4, -0.2) is 0 Å². The molecular formula is C42H23F2NO2S. The van der Waals surface area contributed by atoms with Crippen molar-refractivity contribution in [3.05, 3.63) is 151 Å². The molecule has 6 heteroatoms. The molecule has 7 aromatic carbocycles. The Bertz CT molecular complexity index is 2870. The molecule has 228 valence electrons. The molecule has 0 N–H and O–H groups in total. The standard InChI is InChI=1S/C42H23F2NO2S/c43-26-16-20-35-30(21-26)40-33(23-36-41(42(40)47-35)31-22-27(44)15-19-34(31)46-36)45(28-17-13-25(14-18-28)24-7-2-1-3-8-24)32-10-6-12-38-39(32)29-9-4-5-11-37(29)48-38/h1-23H. The van der Waals surface area contributed by atoms with Crippen molar-refractivity contribution in [2.24, 2.45) is 0 Å². The van der Waals surface area contributed by atoms with Crippen LogP contribution in [0.15, 0.2) is 148 Å². The van der Waals surface area contributed by atoms with Crippen LogP contribution >= 0.6 is 11.3 Å². The van der Waals surface area contributed by atoms with E-state index < -0.39 is 0 Å². The van der Waals surface area contributed by atoms with E-state index in [4.69, 9.17) is 8.83 Å². The maximum Gasteiger partial charge on any atom is 0.149 e. The number of rotatable bonds is 4. The van der Waals surface area contributed by atoms with Gasteiger partial charge < -0.3 is 13.7 Å². The number of benzene rings is 7. The Hall–Kier alpha value is -5.98. The van der Waals surface area contributed by atoms with Crippen LogP contribution in [0.3, 0.4) is 0 Å². The third kappa shape index (κ3) is 4.03. The maximum atomic E-state index is 15.0. The number of anilines is 3. The minimum atomic E-state index is -0.374. The van der Waals surface area contributed by atoms with Crippen molar-refractivity contribution in [2.45, 2.75) is 0 Å². The Labute approximate surface area is 276 Å². The molecule has 3 aromatic heterocycles. The van der Waals surface area contributed by atoms with Crippen LogP contribution in [0.1, 0.15) is 0 Å². The summed E-state index contributed by atoms with van der Waals surface area (Å²) >= 11 is 1.75. The van der Waals surface area contributed by atoms with E-state index in [1.807, 2.05) is 24.3 Å². The fourth-order valence-corrected chi connectivity index (χ4v) is 8.21. The Balaban J connectivity index is 1.35. The number of hydrogen-bond acceptors (Lipinski definition) is 4. The summed E-state index contributed by atoms with van der Waals surface area (Å²) in [5, 5.41) is 4.86. The van der Waals surface area contributed by atoms with E-state index in [1.165, 1.54) is 29.0 Å².